The molecule has 1 aliphatic rings. The topological polar surface area (TPSA) is 38.3 Å². The zero-order chi connectivity index (χ0) is 10.6. The predicted molar refractivity (Wildman–Crippen MR) is 59.6 cm³/mol. The number of methoxy groups -OCH3 is 1. The number of esters is 1. The molecule has 0 aromatic carbocycles. The van der Waals surface area contributed by atoms with Crippen molar-refractivity contribution >= 4 is 21.9 Å². The van der Waals surface area contributed by atoms with Crippen molar-refractivity contribution < 1.29 is 9.53 Å². The summed E-state index contributed by atoms with van der Waals surface area (Å²) in [5.74, 6) is -0.209. The van der Waals surface area contributed by atoms with E-state index < -0.39 is 0 Å². The summed E-state index contributed by atoms with van der Waals surface area (Å²) < 4.78 is 4.61. The molecule has 0 heterocycles. The SMILES string of the molecule is CCC1(CNCC(Br)C(=O)OC)CC1. The van der Waals surface area contributed by atoms with Gasteiger partial charge in [0, 0.05) is 13.1 Å². The summed E-state index contributed by atoms with van der Waals surface area (Å²) >= 11 is 3.28. The van der Waals surface area contributed by atoms with Gasteiger partial charge in [-0.15, -0.1) is 0 Å². The molecule has 0 aliphatic heterocycles. The molecule has 0 bridgehead atoms. The van der Waals surface area contributed by atoms with E-state index in [9.17, 15) is 4.79 Å². The largest absolute Gasteiger partial charge is 0.468 e. The molecule has 1 unspecified atom stereocenters. The number of nitrogens with one attached hydrogen (secondary N) is 1. The molecule has 1 saturated carbocycles. The summed E-state index contributed by atoms with van der Waals surface area (Å²) in [5.41, 5.74) is 0.531. The lowest BCUT2D eigenvalue weighted by Gasteiger charge is -2.14. The molecule has 0 radical (unpaired) electrons. The van der Waals surface area contributed by atoms with Crippen LogP contribution in [0.2, 0.25) is 0 Å². The average Bonchev–Trinajstić information content (AvgIpc) is 2.97. The van der Waals surface area contributed by atoms with E-state index in [1.165, 1.54) is 26.4 Å². The van der Waals surface area contributed by atoms with E-state index in [1.54, 1.807) is 0 Å². The Morgan fingerprint density at radius 2 is 2.29 bits per heavy atom. The van der Waals surface area contributed by atoms with Crippen molar-refractivity contribution in [3.8, 4) is 0 Å². The molecule has 0 saturated heterocycles. The Bertz CT molecular complexity index is 204. The van der Waals surface area contributed by atoms with E-state index in [0.29, 0.717) is 12.0 Å². The summed E-state index contributed by atoms with van der Waals surface area (Å²) in [5, 5.41) is 3.31. The van der Waals surface area contributed by atoms with Gasteiger partial charge in [0.2, 0.25) is 0 Å². The molecule has 1 atom stereocenters. The predicted octanol–water partition coefficient (Wildman–Crippen LogP) is 1.70. The maximum atomic E-state index is 11.0. The van der Waals surface area contributed by atoms with Crippen molar-refractivity contribution in [2.75, 3.05) is 20.2 Å². The summed E-state index contributed by atoms with van der Waals surface area (Å²) in [6.45, 7) is 3.89. The fourth-order valence-electron chi connectivity index (χ4n) is 1.51. The highest BCUT2D eigenvalue weighted by molar-refractivity contribution is 9.10. The monoisotopic (exact) mass is 263 g/mol. The molecule has 1 aliphatic carbocycles. The first-order valence-electron chi connectivity index (χ1n) is 5.06. The normalized spacial score (nSPS) is 20.2. The zero-order valence-corrected chi connectivity index (χ0v) is 10.4. The van der Waals surface area contributed by atoms with E-state index in [1.807, 2.05) is 0 Å². The average molecular weight is 264 g/mol. The third kappa shape index (κ3) is 3.24. The highest BCUT2D eigenvalue weighted by atomic mass is 79.9. The number of ether oxygens (including phenoxy) is 1. The molecule has 4 heteroatoms. The van der Waals surface area contributed by atoms with Crippen LogP contribution in [0.15, 0.2) is 0 Å². The maximum Gasteiger partial charge on any atom is 0.320 e. The summed E-state index contributed by atoms with van der Waals surface area (Å²) in [7, 11) is 1.41. The molecule has 0 aromatic rings. The van der Waals surface area contributed by atoms with Gasteiger partial charge in [0.05, 0.1) is 7.11 Å². The molecule has 82 valence electrons. The Hall–Kier alpha value is -0.0900. The van der Waals surface area contributed by atoms with Crippen molar-refractivity contribution in [1.29, 1.82) is 0 Å². The number of hydrogen-bond donors (Lipinski definition) is 1. The van der Waals surface area contributed by atoms with Crippen LogP contribution in [0.25, 0.3) is 0 Å². The van der Waals surface area contributed by atoms with Gasteiger partial charge in [-0.1, -0.05) is 22.9 Å². The van der Waals surface area contributed by atoms with E-state index in [0.717, 1.165) is 6.54 Å². The second kappa shape index (κ2) is 5.12. The van der Waals surface area contributed by atoms with E-state index in [-0.39, 0.29) is 10.8 Å². The van der Waals surface area contributed by atoms with Gasteiger partial charge in [0.15, 0.2) is 0 Å². The van der Waals surface area contributed by atoms with Crippen molar-refractivity contribution in [1.82, 2.24) is 5.32 Å². The minimum atomic E-state index is -0.222. The van der Waals surface area contributed by atoms with Gasteiger partial charge >= 0.3 is 5.97 Å². The van der Waals surface area contributed by atoms with Crippen molar-refractivity contribution in [2.45, 2.75) is 31.0 Å². The van der Waals surface area contributed by atoms with Gasteiger partial charge in [0.1, 0.15) is 4.83 Å². The molecule has 0 aromatic heterocycles. The smallest absolute Gasteiger partial charge is 0.320 e. The highest BCUT2D eigenvalue weighted by Crippen LogP contribution is 2.47. The van der Waals surface area contributed by atoms with E-state index in [2.05, 4.69) is 32.9 Å². The van der Waals surface area contributed by atoms with Crippen LogP contribution in [0.3, 0.4) is 0 Å². The first-order valence-corrected chi connectivity index (χ1v) is 5.98. The van der Waals surface area contributed by atoms with Crippen LogP contribution in [-0.4, -0.2) is 31.0 Å². The minimum absolute atomic E-state index is 0.209. The standard InChI is InChI=1S/C10H18BrNO2/c1-3-10(4-5-10)7-12-6-8(11)9(13)14-2/h8,12H,3-7H2,1-2H3. The first-order chi connectivity index (χ1) is 6.63. The van der Waals surface area contributed by atoms with Crippen LogP contribution in [-0.2, 0) is 9.53 Å². The second-order valence-corrected chi connectivity index (χ2v) is 5.08. The van der Waals surface area contributed by atoms with Gasteiger partial charge in [0.25, 0.3) is 0 Å². The lowest BCUT2D eigenvalue weighted by Crippen LogP contribution is -2.33. The van der Waals surface area contributed by atoms with Crippen LogP contribution >= 0.6 is 15.9 Å². The molecular weight excluding hydrogens is 246 g/mol. The van der Waals surface area contributed by atoms with Crippen molar-refractivity contribution in [2.24, 2.45) is 5.41 Å². The van der Waals surface area contributed by atoms with Crippen LogP contribution in [0.5, 0.6) is 0 Å². The molecule has 1 rings (SSSR count). The fourth-order valence-corrected chi connectivity index (χ4v) is 1.92. The van der Waals surface area contributed by atoms with Gasteiger partial charge in [-0.3, -0.25) is 4.79 Å². The van der Waals surface area contributed by atoms with Crippen LogP contribution in [0, 0.1) is 5.41 Å². The van der Waals surface area contributed by atoms with Crippen molar-refractivity contribution in [3.05, 3.63) is 0 Å². The second-order valence-electron chi connectivity index (χ2n) is 3.98. The zero-order valence-electron chi connectivity index (χ0n) is 8.81. The summed E-state index contributed by atoms with van der Waals surface area (Å²) in [6.07, 6.45) is 3.87. The van der Waals surface area contributed by atoms with Crippen molar-refractivity contribution in [3.63, 3.8) is 0 Å². The number of rotatable bonds is 6. The lowest BCUT2D eigenvalue weighted by molar-refractivity contribution is -0.139. The molecule has 0 spiro atoms. The maximum absolute atomic E-state index is 11.0. The van der Waals surface area contributed by atoms with Gasteiger partial charge < -0.3 is 10.1 Å². The summed E-state index contributed by atoms with van der Waals surface area (Å²) in [4.78, 5) is 10.8. The minimum Gasteiger partial charge on any atom is -0.468 e. The molecule has 1 fully saturated rings. The van der Waals surface area contributed by atoms with Crippen LogP contribution in [0.4, 0.5) is 0 Å². The quantitative estimate of drug-likeness (QED) is 0.586. The molecule has 1 N–H and O–H groups in total. The Balaban J connectivity index is 2.12. The molecule has 0 amide bonds. The third-order valence-electron chi connectivity index (χ3n) is 2.99. The number of alkyl halides is 1. The number of carbonyl (C=O) groups is 1. The van der Waals surface area contributed by atoms with E-state index in [4.69, 9.17) is 0 Å². The number of halogens is 1. The Kier molecular flexibility index (Phi) is 4.38. The highest BCUT2D eigenvalue weighted by Gasteiger charge is 2.40. The number of hydrogen-bond acceptors (Lipinski definition) is 3. The summed E-state index contributed by atoms with van der Waals surface area (Å²) in [6, 6.07) is 0. The number of carbonyl (C=O) groups excluding carboxylic acids is 1. The molecular formula is C10H18BrNO2. The first kappa shape index (κ1) is 12.0. The van der Waals surface area contributed by atoms with Crippen LogP contribution < -0.4 is 5.32 Å². The van der Waals surface area contributed by atoms with Crippen LogP contribution in [0.1, 0.15) is 26.2 Å². The van der Waals surface area contributed by atoms with E-state index >= 15 is 0 Å². The van der Waals surface area contributed by atoms with Gasteiger partial charge in [-0.2, -0.15) is 0 Å². The lowest BCUT2D eigenvalue weighted by atomic mass is 10.0. The Morgan fingerprint density at radius 3 is 2.71 bits per heavy atom. The third-order valence-corrected chi connectivity index (χ3v) is 3.69. The fraction of sp³-hybridized carbons (Fsp3) is 0.900. The Morgan fingerprint density at radius 1 is 1.64 bits per heavy atom. The molecule has 3 nitrogen and oxygen atoms in total. The molecule has 14 heavy (non-hydrogen) atoms. The van der Waals surface area contributed by atoms with Gasteiger partial charge in [-0.05, 0) is 24.7 Å². The Labute approximate surface area is 93.7 Å². The van der Waals surface area contributed by atoms with Gasteiger partial charge in [-0.25, -0.2) is 0 Å².